The molecule has 2 rings (SSSR count). The van der Waals surface area contributed by atoms with Crippen molar-refractivity contribution in [1.82, 2.24) is 10.2 Å². The van der Waals surface area contributed by atoms with Crippen molar-refractivity contribution in [3.05, 3.63) is 33.6 Å². The number of rotatable bonds is 3. The third-order valence-electron chi connectivity index (χ3n) is 2.36. The third-order valence-corrected chi connectivity index (χ3v) is 3.18. The van der Waals surface area contributed by atoms with Crippen LogP contribution in [-0.4, -0.2) is 10.2 Å². The molecule has 1 heterocycles. The Balaban J connectivity index is 2.40. The zero-order chi connectivity index (χ0) is 12.4. The van der Waals surface area contributed by atoms with Gasteiger partial charge in [-0.05, 0) is 24.6 Å². The second kappa shape index (κ2) is 5.16. The van der Waals surface area contributed by atoms with Gasteiger partial charge in [0.1, 0.15) is 0 Å². The zero-order valence-electron chi connectivity index (χ0n) is 9.15. The predicted octanol–water partition coefficient (Wildman–Crippen LogP) is 3.56. The molecule has 0 radical (unpaired) electrons. The molecule has 0 bridgehead atoms. The van der Waals surface area contributed by atoms with E-state index in [4.69, 9.17) is 21.8 Å². The number of nitrogens with two attached hydrogens (primary N) is 1. The highest BCUT2D eigenvalue weighted by molar-refractivity contribution is 9.10. The summed E-state index contributed by atoms with van der Waals surface area (Å²) in [4.78, 5) is 0. The summed E-state index contributed by atoms with van der Waals surface area (Å²) in [6, 6.07) is 5.21. The van der Waals surface area contributed by atoms with Gasteiger partial charge in [0.2, 0.25) is 11.8 Å². The molecule has 4 nitrogen and oxygen atoms in total. The van der Waals surface area contributed by atoms with E-state index in [0.29, 0.717) is 22.4 Å². The van der Waals surface area contributed by atoms with Gasteiger partial charge in [0, 0.05) is 4.47 Å². The van der Waals surface area contributed by atoms with Crippen molar-refractivity contribution in [1.29, 1.82) is 0 Å². The van der Waals surface area contributed by atoms with Crippen molar-refractivity contribution in [2.75, 3.05) is 0 Å². The van der Waals surface area contributed by atoms with Crippen molar-refractivity contribution in [2.24, 2.45) is 5.73 Å². The predicted molar refractivity (Wildman–Crippen MR) is 69.7 cm³/mol. The van der Waals surface area contributed by atoms with E-state index in [9.17, 15) is 0 Å². The standard InChI is InChI=1S/C11H11BrClN3O/c1-2-9(14)11-16-15-10(17-11)7-5-6(12)3-4-8(7)13/h3-5,9H,2,14H2,1H3. The minimum Gasteiger partial charge on any atom is -0.419 e. The fourth-order valence-electron chi connectivity index (χ4n) is 1.33. The van der Waals surface area contributed by atoms with Crippen molar-refractivity contribution in [3.8, 4) is 11.5 Å². The van der Waals surface area contributed by atoms with Crippen molar-refractivity contribution in [3.63, 3.8) is 0 Å². The minimum atomic E-state index is -0.234. The molecule has 0 saturated heterocycles. The van der Waals surface area contributed by atoms with E-state index in [1.54, 1.807) is 6.07 Å². The van der Waals surface area contributed by atoms with Crippen LogP contribution in [0.5, 0.6) is 0 Å². The molecule has 6 heteroatoms. The highest BCUT2D eigenvalue weighted by atomic mass is 79.9. The minimum absolute atomic E-state index is 0.234. The average Bonchev–Trinajstić information content (AvgIpc) is 2.80. The van der Waals surface area contributed by atoms with Crippen LogP contribution in [0.15, 0.2) is 27.1 Å². The van der Waals surface area contributed by atoms with Crippen LogP contribution in [0.3, 0.4) is 0 Å². The molecule has 2 N–H and O–H groups in total. The Hall–Kier alpha value is -0.910. The molecular weight excluding hydrogens is 305 g/mol. The monoisotopic (exact) mass is 315 g/mol. The molecule has 2 aromatic rings. The Labute approximate surface area is 112 Å². The fourth-order valence-corrected chi connectivity index (χ4v) is 1.89. The molecule has 1 atom stereocenters. The summed E-state index contributed by atoms with van der Waals surface area (Å²) in [7, 11) is 0. The van der Waals surface area contributed by atoms with Gasteiger partial charge in [-0.3, -0.25) is 0 Å². The summed E-state index contributed by atoms with van der Waals surface area (Å²) in [5, 5.41) is 8.44. The Bertz CT molecular complexity index is 529. The Morgan fingerprint density at radius 1 is 1.47 bits per heavy atom. The highest BCUT2D eigenvalue weighted by Crippen LogP contribution is 2.30. The van der Waals surface area contributed by atoms with E-state index in [2.05, 4.69) is 26.1 Å². The van der Waals surface area contributed by atoms with Gasteiger partial charge in [0.05, 0.1) is 16.6 Å². The lowest BCUT2D eigenvalue weighted by Crippen LogP contribution is -2.08. The molecule has 0 fully saturated rings. The first-order chi connectivity index (χ1) is 8.11. The molecule has 0 aliphatic rings. The normalized spacial score (nSPS) is 12.7. The summed E-state index contributed by atoms with van der Waals surface area (Å²) in [5.41, 5.74) is 6.51. The third kappa shape index (κ3) is 2.68. The Morgan fingerprint density at radius 2 is 2.24 bits per heavy atom. The first kappa shape index (κ1) is 12.5. The van der Waals surface area contributed by atoms with Crippen LogP contribution in [0, 0.1) is 0 Å². The lowest BCUT2D eigenvalue weighted by Gasteiger charge is -2.01. The largest absolute Gasteiger partial charge is 0.419 e. The lowest BCUT2D eigenvalue weighted by molar-refractivity contribution is 0.452. The van der Waals surface area contributed by atoms with Crippen molar-refractivity contribution >= 4 is 27.5 Å². The number of hydrogen-bond acceptors (Lipinski definition) is 4. The summed E-state index contributed by atoms with van der Waals surface area (Å²) in [6.45, 7) is 1.96. The molecule has 90 valence electrons. The van der Waals surface area contributed by atoms with Crippen LogP contribution in [0.4, 0.5) is 0 Å². The first-order valence-corrected chi connectivity index (χ1v) is 6.33. The van der Waals surface area contributed by atoms with Crippen molar-refractivity contribution in [2.45, 2.75) is 19.4 Å². The Kier molecular flexibility index (Phi) is 3.81. The van der Waals surface area contributed by atoms with Gasteiger partial charge in [-0.15, -0.1) is 10.2 Å². The average molecular weight is 317 g/mol. The first-order valence-electron chi connectivity index (χ1n) is 5.16. The SMILES string of the molecule is CCC(N)c1nnc(-c2cc(Br)ccc2Cl)o1. The van der Waals surface area contributed by atoms with E-state index >= 15 is 0 Å². The van der Waals surface area contributed by atoms with Crippen LogP contribution >= 0.6 is 27.5 Å². The van der Waals surface area contributed by atoms with E-state index < -0.39 is 0 Å². The molecule has 0 spiro atoms. The molecule has 0 aliphatic heterocycles. The molecule has 17 heavy (non-hydrogen) atoms. The number of hydrogen-bond donors (Lipinski definition) is 1. The van der Waals surface area contributed by atoms with Crippen molar-refractivity contribution < 1.29 is 4.42 Å². The van der Waals surface area contributed by atoms with Crippen LogP contribution in [0.25, 0.3) is 11.5 Å². The number of benzene rings is 1. The topological polar surface area (TPSA) is 64.9 Å². The quantitative estimate of drug-likeness (QED) is 0.940. The van der Waals surface area contributed by atoms with Gasteiger partial charge in [-0.25, -0.2) is 0 Å². The van der Waals surface area contributed by atoms with Gasteiger partial charge in [-0.2, -0.15) is 0 Å². The van der Waals surface area contributed by atoms with Gasteiger partial charge >= 0.3 is 0 Å². The molecule has 0 amide bonds. The van der Waals surface area contributed by atoms with E-state index in [0.717, 1.165) is 10.9 Å². The molecule has 1 aromatic carbocycles. The number of aromatic nitrogens is 2. The maximum absolute atomic E-state index is 6.07. The van der Waals surface area contributed by atoms with Gasteiger partial charge in [-0.1, -0.05) is 34.5 Å². The van der Waals surface area contributed by atoms with E-state index in [1.807, 2.05) is 19.1 Å². The van der Waals surface area contributed by atoms with Gasteiger partial charge in [0.15, 0.2) is 0 Å². The second-order valence-corrected chi connectivity index (χ2v) is 4.91. The maximum atomic E-state index is 6.07. The molecule has 1 aromatic heterocycles. The van der Waals surface area contributed by atoms with Crippen LogP contribution in [0.2, 0.25) is 5.02 Å². The molecular formula is C11H11BrClN3O. The fraction of sp³-hybridized carbons (Fsp3) is 0.273. The van der Waals surface area contributed by atoms with Crippen LogP contribution in [0.1, 0.15) is 25.3 Å². The highest BCUT2D eigenvalue weighted by Gasteiger charge is 2.15. The summed E-state index contributed by atoms with van der Waals surface area (Å²) in [6.07, 6.45) is 0.744. The van der Waals surface area contributed by atoms with E-state index in [1.165, 1.54) is 0 Å². The zero-order valence-corrected chi connectivity index (χ0v) is 11.5. The van der Waals surface area contributed by atoms with Crippen LogP contribution < -0.4 is 5.73 Å². The number of nitrogens with zero attached hydrogens (tertiary/aromatic N) is 2. The van der Waals surface area contributed by atoms with Crippen LogP contribution in [-0.2, 0) is 0 Å². The summed E-state index contributed by atoms with van der Waals surface area (Å²) >= 11 is 9.44. The van der Waals surface area contributed by atoms with Gasteiger partial charge < -0.3 is 10.2 Å². The molecule has 0 saturated carbocycles. The summed E-state index contributed by atoms with van der Waals surface area (Å²) in [5.74, 6) is 0.814. The maximum Gasteiger partial charge on any atom is 0.249 e. The lowest BCUT2D eigenvalue weighted by atomic mass is 10.2. The second-order valence-electron chi connectivity index (χ2n) is 3.58. The van der Waals surface area contributed by atoms with E-state index in [-0.39, 0.29) is 6.04 Å². The summed E-state index contributed by atoms with van der Waals surface area (Å²) < 4.78 is 6.41. The molecule has 1 unspecified atom stereocenters. The number of halogens is 2. The smallest absolute Gasteiger partial charge is 0.249 e. The Morgan fingerprint density at radius 3 is 2.94 bits per heavy atom. The van der Waals surface area contributed by atoms with Gasteiger partial charge in [0.25, 0.3) is 0 Å². The molecule has 0 aliphatic carbocycles.